The van der Waals surface area contributed by atoms with Gasteiger partial charge in [-0.1, -0.05) is 0 Å². The molecule has 0 atom stereocenters. The second-order valence-corrected chi connectivity index (χ2v) is 2.62. The molecule has 0 radical (unpaired) electrons. The van der Waals surface area contributed by atoms with Gasteiger partial charge in [-0.3, -0.25) is 0 Å². The molecule has 0 amide bonds. The van der Waals surface area contributed by atoms with E-state index in [1.807, 2.05) is 13.8 Å². The lowest BCUT2D eigenvalue weighted by Crippen LogP contribution is -2.21. The second kappa shape index (κ2) is 8.26. The number of carbonyl (C=O) groups is 1. The summed E-state index contributed by atoms with van der Waals surface area (Å²) in [5.41, 5.74) is 5.49. The van der Waals surface area contributed by atoms with Gasteiger partial charge in [0.15, 0.2) is 6.29 Å². The first kappa shape index (κ1) is 13.9. The van der Waals surface area contributed by atoms with Crippen molar-refractivity contribution >= 4 is 5.97 Å². The summed E-state index contributed by atoms with van der Waals surface area (Å²) in [4.78, 5) is 11.2. The zero-order valence-electron chi connectivity index (χ0n) is 9.49. The predicted molar refractivity (Wildman–Crippen MR) is 55.9 cm³/mol. The summed E-state index contributed by atoms with van der Waals surface area (Å²) in [5, 5.41) is 0. The SMILES string of the molecule is CCOC(=O)/C(N)=C/C(OCC)OCC. The molecule has 0 aliphatic heterocycles. The Morgan fingerprint density at radius 1 is 1.20 bits per heavy atom. The minimum atomic E-state index is -0.593. The number of esters is 1. The highest BCUT2D eigenvalue weighted by Crippen LogP contribution is 2.01. The van der Waals surface area contributed by atoms with Crippen LogP contribution in [0.4, 0.5) is 0 Å². The Morgan fingerprint density at radius 2 is 1.73 bits per heavy atom. The van der Waals surface area contributed by atoms with E-state index in [4.69, 9.17) is 19.9 Å². The third-order valence-corrected chi connectivity index (χ3v) is 1.49. The largest absolute Gasteiger partial charge is 0.461 e. The van der Waals surface area contributed by atoms with Crippen molar-refractivity contribution in [1.82, 2.24) is 0 Å². The van der Waals surface area contributed by atoms with Crippen LogP contribution in [0.5, 0.6) is 0 Å². The Kier molecular flexibility index (Phi) is 7.67. The molecule has 0 unspecified atom stereocenters. The summed E-state index contributed by atoms with van der Waals surface area (Å²) in [5.74, 6) is -0.554. The molecule has 0 aromatic rings. The Balaban J connectivity index is 4.30. The van der Waals surface area contributed by atoms with Crippen LogP contribution in [0, 0.1) is 0 Å². The predicted octanol–water partition coefficient (Wildman–Crippen LogP) is 0.791. The first-order chi connectivity index (χ1) is 7.15. The monoisotopic (exact) mass is 217 g/mol. The highest BCUT2D eigenvalue weighted by Gasteiger charge is 2.10. The van der Waals surface area contributed by atoms with Crippen molar-refractivity contribution in [3.05, 3.63) is 11.8 Å². The maximum atomic E-state index is 11.2. The van der Waals surface area contributed by atoms with Gasteiger partial charge in [0.05, 0.1) is 6.61 Å². The molecule has 0 rings (SSSR count). The average Bonchev–Trinajstić information content (AvgIpc) is 2.18. The molecule has 88 valence electrons. The lowest BCUT2D eigenvalue weighted by Gasteiger charge is -2.13. The van der Waals surface area contributed by atoms with Gasteiger partial charge >= 0.3 is 5.97 Å². The van der Waals surface area contributed by atoms with Crippen molar-refractivity contribution in [3.63, 3.8) is 0 Å². The molecule has 0 aliphatic rings. The number of carbonyl (C=O) groups excluding carboxylic acids is 1. The van der Waals surface area contributed by atoms with Crippen LogP contribution in [-0.4, -0.2) is 32.1 Å². The van der Waals surface area contributed by atoms with E-state index in [1.165, 1.54) is 6.08 Å². The van der Waals surface area contributed by atoms with Crippen molar-refractivity contribution in [2.75, 3.05) is 19.8 Å². The van der Waals surface area contributed by atoms with Gasteiger partial charge in [-0.2, -0.15) is 0 Å². The molecule has 0 heterocycles. The lowest BCUT2D eigenvalue weighted by atomic mass is 10.4. The molecule has 5 nitrogen and oxygen atoms in total. The summed E-state index contributed by atoms with van der Waals surface area (Å²) in [7, 11) is 0. The normalized spacial score (nSPS) is 11.9. The van der Waals surface area contributed by atoms with E-state index in [1.54, 1.807) is 6.92 Å². The van der Waals surface area contributed by atoms with Crippen molar-refractivity contribution in [3.8, 4) is 0 Å². The number of rotatable bonds is 7. The van der Waals surface area contributed by atoms with Crippen LogP contribution in [0.2, 0.25) is 0 Å². The number of hydrogen-bond acceptors (Lipinski definition) is 5. The summed E-state index contributed by atoms with van der Waals surface area (Å²) >= 11 is 0. The van der Waals surface area contributed by atoms with Crippen LogP contribution in [0.25, 0.3) is 0 Å². The Hall–Kier alpha value is -1.07. The lowest BCUT2D eigenvalue weighted by molar-refractivity contribution is -0.139. The Bertz CT molecular complexity index is 209. The Morgan fingerprint density at radius 3 is 2.13 bits per heavy atom. The highest BCUT2D eigenvalue weighted by molar-refractivity contribution is 5.87. The van der Waals surface area contributed by atoms with E-state index >= 15 is 0 Å². The molecule has 0 saturated heterocycles. The first-order valence-electron chi connectivity index (χ1n) is 5.03. The van der Waals surface area contributed by atoms with Crippen LogP contribution in [-0.2, 0) is 19.0 Å². The summed E-state index contributed by atoms with van der Waals surface area (Å²) < 4.78 is 15.1. The fourth-order valence-corrected chi connectivity index (χ4v) is 0.902. The molecule has 15 heavy (non-hydrogen) atoms. The van der Waals surface area contributed by atoms with Crippen LogP contribution < -0.4 is 5.73 Å². The minimum absolute atomic E-state index is 0.00347. The van der Waals surface area contributed by atoms with Crippen LogP contribution in [0.15, 0.2) is 11.8 Å². The van der Waals surface area contributed by atoms with Crippen LogP contribution in [0.1, 0.15) is 20.8 Å². The van der Waals surface area contributed by atoms with Gasteiger partial charge in [0.25, 0.3) is 0 Å². The van der Waals surface area contributed by atoms with Crippen LogP contribution >= 0.6 is 0 Å². The molecule has 0 spiro atoms. The quantitative estimate of drug-likeness (QED) is 0.388. The summed E-state index contributed by atoms with van der Waals surface area (Å²) in [6.07, 6.45) is 0.815. The van der Waals surface area contributed by atoms with E-state index in [0.717, 1.165) is 0 Å². The van der Waals surface area contributed by atoms with Gasteiger partial charge in [-0.05, 0) is 20.8 Å². The second-order valence-electron chi connectivity index (χ2n) is 2.62. The van der Waals surface area contributed by atoms with Crippen molar-refractivity contribution in [2.24, 2.45) is 5.73 Å². The molecule has 0 aromatic carbocycles. The number of hydrogen-bond donors (Lipinski definition) is 1. The smallest absolute Gasteiger partial charge is 0.354 e. The van der Waals surface area contributed by atoms with Gasteiger partial charge in [0.2, 0.25) is 0 Å². The molecular weight excluding hydrogens is 198 g/mol. The summed E-state index contributed by atoms with van der Waals surface area (Å²) in [6.45, 7) is 6.64. The molecular formula is C10H19NO4. The first-order valence-corrected chi connectivity index (χ1v) is 5.03. The maximum absolute atomic E-state index is 11.2. The van der Waals surface area contributed by atoms with Gasteiger partial charge in [0, 0.05) is 19.3 Å². The fraction of sp³-hybridized carbons (Fsp3) is 0.700. The third-order valence-electron chi connectivity index (χ3n) is 1.49. The average molecular weight is 217 g/mol. The Labute approximate surface area is 90.2 Å². The van der Waals surface area contributed by atoms with E-state index in [0.29, 0.717) is 19.8 Å². The van der Waals surface area contributed by atoms with Gasteiger partial charge in [0.1, 0.15) is 5.70 Å². The zero-order chi connectivity index (χ0) is 11.7. The van der Waals surface area contributed by atoms with E-state index in [-0.39, 0.29) is 5.70 Å². The van der Waals surface area contributed by atoms with Crippen molar-refractivity contribution < 1.29 is 19.0 Å². The van der Waals surface area contributed by atoms with E-state index in [2.05, 4.69) is 0 Å². The molecule has 2 N–H and O–H groups in total. The summed E-state index contributed by atoms with van der Waals surface area (Å²) in [6, 6.07) is 0. The standard InChI is InChI=1S/C10H19NO4/c1-4-13-9(14-5-2)7-8(11)10(12)15-6-3/h7,9H,4-6,11H2,1-3H3/b8-7-. The molecule has 0 saturated carbocycles. The van der Waals surface area contributed by atoms with Gasteiger partial charge < -0.3 is 19.9 Å². The van der Waals surface area contributed by atoms with Crippen molar-refractivity contribution in [1.29, 1.82) is 0 Å². The highest BCUT2D eigenvalue weighted by atomic mass is 16.7. The van der Waals surface area contributed by atoms with Crippen LogP contribution in [0.3, 0.4) is 0 Å². The number of nitrogens with two attached hydrogens (primary N) is 1. The van der Waals surface area contributed by atoms with E-state index in [9.17, 15) is 4.79 Å². The van der Waals surface area contributed by atoms with Crippen molar-refractivity contribution in [2.45, 2.75) is 27.1 Å². The third kappa shape index (κ3) is 6.09. The minimum Gasteiger partial charge on any atom is -0.461 e. The van der Waals surface area contributed by atoms with E-state index < -0.39 is 12.3 Å². The maximum Gasteiger partial charge on any atom is 0.354 e. The molecule has 5 heteroatoms. The molecule has 0 aromatic heterocycles. The van der Waals surface area contributed by atoms with Gasteiger partial charge in [-0.15, -0.1) is 0 Å². The number of ether oxygens (including phenoxy) is 3. The molecule has 0 fully saturated rings. The zero-order valence-corrected chi connectivity index (χ0v) is 9.49. The van der Waals surface area contributed by atoms with Gasteiger partial charge in [-0.25, -0.2) is 4.79 Å². The fourth-order valence-electron chi connectivity index (χ4n) is 0.902. The topological polar surface area (TPSA) is 70.8 Å². The molecule has 0 aliphatic carbocycles. The molecule has 0 bridgehead atoms.